The number of carbonyl (C=O) groups excluding carboxylic acids is 2. The molecule has 9 heteroatoms. The molecule has 0 aliphatic heterocycles. The van der Waals surface area contributed by atoms with Gasteiger partial charge in [-0.25, -0.2) is 0 Å². The van der Waals surface area contributed by atoms with E-state index in [-0.39, 0.29) is 18.8 Å². The molecule has 2 rings (SSSR count). The van der Waals surface area contributed by atoms with Gasteiger partial charge in [-0.15, -0.1) is 0 Å². The molecule has 2 amide bonds. The Kier molecular flexibility index (Phi) is 10.7. The summed E-state index contributed by atoms with van der Waals surface area (Å²) >= 11 is 0. The Hall–Kier alpha value is -3.46. The fraction of sp³-hybridized carbons (Fsp3) is 0.391. The lowest BCUT2D eigenvalue weighted by Crippen LogP contribution is -2.43. The standard InChI is InChI=1S/C23H30N2O7/c1-4-29-19-14-17(15-20(30-5-2)22(19)31-6-3)23(27)25-24-21(26)16-28-12-13-32-18-10-8-7-9-11-18/h7-11,14-15H,4-6,12-13,16H2,1-3H3,(H,24,26)(H,25,27). The predicted molar refractivity (Wildman–Crippen MR) is 118 cm³/mol. The maximum absolute atomic E-state index is 12.5. The van der Waals surface area contributed by atoms with Crippen molar-refractivity contribution < 1.29 is 33.3 Å². The Morgan fingerprint density at radius 3 is 2.00 bits per heavy atom. The monoisotopic (exact) mass is 446 g/mol. The van der Waals surface area contributed by atoms with E-state index in [4.69, 9.17) is 23.7 Å². The molecule has 0 spiro atoms. The first-order valence-corrected chi connectivity index (χ1v) is 10.5. The number of nitrogens with one attached hydrogen (secondary N) is 2. The zero-order chi connectivity index (χ0) is 23.2. The van der Waals surface area contributed by atoms with E-state index >= 15 is 0 Å². The summed E-state index contributed by atoms with van der Waals surface area (Å²) < 4.78 is 27.5. The fourth-order valence-corrected chi connectivity index (χ4v) is 2.65. The maximum atomic E-state index is 12.5. The quantitative estimate of drug-likeness (QED) is 0.360. The van der Waals surface area contributed by atoms with Crippen molar-refractivity contribution in [3.63, 3.8) is 0 Å². The lowest BCUT2D eigenvalue weighted by molar-refractivity contribution is -0.126. The zero-order valence-electron chi connectivity index (χ0n) is 18.6. The van der Waals surface area contributed by atoms with Gasteiger partial charge in [0.25, 0.3) is 11.8 Å². The van der Waals surface area contributed by atoms with Crippen LogP contribution in [0.15, 0.2) is 42.5 Å². The zero-order valence-corrected chi connectivity index (χ0v) is 18.6. The van der Waals surface area contributed by atoms with E-state index in [1.165, 1.54) is 12.1 Å². The first-order valence-electron chi connectivity index (χ1n) is 10.5. The van der Waals surface area contributed by atoms with Crippen LogP contribution in [0.5, 0.6) is 23.0 Å². The van der Waals surface area contributed by atoms with E-state index in [2.05, 4.69) is 10.9 Å². The molecule has 2 aromatic rings. The van der Waals surface area contributed by atoms with Gasteiger partial charge in [-0.2, -0.15) is 0 Å². The van der Waals surface area contributed by atoms with E-state index in [1.807, 2.05) is 51.1 Å². The first-order chi connectivity index (χ1) is 15.6. The molecule has 0 atom stereocenters. The van der Waals surface area contributed by atoms with Gasteiger partial charge >= 0.3 is 0 Å². The maximum Gasteiger partial charge on any atom is 0.269 e. The third-order valence-corrected chi connectivity index (χ3v) is 3.96. The van der Waals surface area contributed by atoms with Crippen LogP contribution in [-0.4, -0.2) is 51.5 Å². The van der Waals surface area contributed by atoms with Crippen LogP contribution in [-0.2, 0) is 9.53 Å². The molecule has 2 N–H and O–H groups in total. The summed E-state index contributed by atoms with van der Waals surface area (Å²) in [5, 5.41) is 0. The van der Waals surface area contributed by atoms with Gasteiger partial charge in [-0.05, 0) is 45.0 Å². The normalized spacial score (nSPS) is 10.2. The molecule has 0 saturated heterocycles. The molecular formula is C23H30N2O7. The summed E-state index contributed by atoms with van der Waals surface area (Å²) in [7, 11) is 0. The van der Waals surface area contributed by atoms with Gasteiger partial charge < -0.3 is 23.7 Å². The molecule has 0 unspecified atom stereocenters. The smallest absolute Gasteiger partial charge is 0.269 e. The van der Waals surface area contributed by atoms with Crippen LogP contribution in [0, 0.1) is 0 Å². The van der Waals surface area contributed by atoms with Gasteiger partial charge in [0.1, 0.15) is 19.0 Å². The summed E-state index contributed by atoms with van der Waals surface area (Å²) in [4.78, 5) is 24.5. The summed E-state index contributed by atoms with van der Waals surface area (Å²) in [5.74, 6) is 0.899. The van der Waals surface area contributed by atoms with E-state index < -0.39 is 11.8 Å². The topological polar surface area (TPSA) is 104 Å². The van der Waals surface area contributed by atoms with Gasteiger partial charge in [0.2, 0.25) is 5.75 Å². The molecule has 32 heavy (non-hydrogen) atoms. The minimum Gasteiger partial charge on any atom is -0.491 e. The number of amides is 2. The van der Waals surface area contributed by atoms with Crippen molar-refractivity contribution in [3.8, 4) is 23.0 Å². The number of hydrazine groups is 1. The highest BCUT2D eigenvalue weighted by Crippen LogP contribution is 2.39. The van der Waals surface area contributed by atoms with Crippen molar-refractivity contribution in [3.05, 3.63) is 48.0 Å². The average molecular weight is 447 g/mol. The Morgan fingerprint density at radius 2 is 1.41 bits per heavy atom. The molecule has 0 saturated carbocycles. The number of benzene rings is 2. The average Bonchev–Trinajstić information content (AvgIpc) is 2.80. The third-order valence-electron chi connectivity index (χ3n) is 3.96. The molecule has 0 aromatic heterocycles. The molecule has 0 heterocycles. The summed E-state index contributed by atoms with van der Waals surface area (Å²) in [6.45, 7) is 6.99. The molecule has 174 valence electrons. The van der Waals surface area contributed by atoms with E-state index in [1.54, 1.807) is 0 Å². The molecule has 0 bridgehead atoms. The number of rotatable bonds is 13. The SMILES string of the molecule is CCOc1cc(C(=O)NNC(=O)COCCOc2ccccc2)cc(OCC)c1OCC. The molecular weight excluding hydrogens is 416 g/mol. The van der Waals surface area contributed by atoms with Crippen LogP contribution in [0.4, 0.5) is 0 Å². The number of para-hydroxylation sites is 1. The Labute approximate surface area is 187 Å². The lowest BCUT2D eigenvalue weighted by atomic mass is 10.1. The molecule has 0 aliphatic rings. The molecule has 0 radical (unpaired) electrons. The van der Waals surface area contributed by atoms with Crippen LogP contribution in [0.1, 0.15) is 31.1 Å². The number of ether oxygens (including phenoxy) is 5. The third kappa shape index (κ3) is 7.99. The van der Waals surface area contributed by atoms with Gasteiger partial charge in [0.05, 0.1) is 26.4 Å². The second-order valence-corrected chi connectivity index (χ2v) is 6.32. The predicted octanol–water partition coefficient (Wildman–Crippen LogP) is 2.74. The van der Waals surface area contributed by atoms with E-state index in [0.29, 0.717) is 43.7 Å². The highest BCUT2D eigenvalue weighted by Gasteiger charge is 2.18. The van der Waals surface area contributed by atoms with Crippen molar-refractivity contribution in [2.45, 2.75) is 20.8 Å². The van der Waals surface area contributed by atoms with Gasteiger partial charge in [0, 0.05) is 5.56 Å². The summed E-state index contributed by atoms with van der Waals surface area (Å²) in [5.41, 5.74) is 4.92. The second-order valence-electron chi connectivity index (χ2n) is 6.32. The summed E-state index contributed by atoms with van der Waals surface area (Å²) in [6, 6.07) is 12.4. The van der Waals surface area contributed by atoms with Gasteiger partial charge in [-0.1, -0.05) is 18.2 Å². The van der Waals surface area contributed by atoms with Crippen LogP contribution in [0.2, 0.25) is 0 Å². The van der Waals surface area contributed by atoms with Gasteiger partial charge in [-0.3, -0.25) is 20.4 Å². The molecule has 2 aromatic carbocycles. The minimum absolute atomic E-state index is 0.226. The second kappa shape index (κ2) is 13.8. The van der Waals surface area contributed by atoms with Crippen molar-refractivity contribution in [1.29, 1.82) is 0 Å². The largest absolute Gasteiger partial charge is 0.491 e. The Morgan fingerprint density at radius 1 is 0.781 bits per heavy atom. The van der Waals surface area contributed by atoms with Crippen molar-refractivity contribution in [2.75, 3.05) is 39.6 Å². The van der Waals surface area contributed by atoms with Crippen molar-refractivity contribution >= 4 is 11.8 Å². The lowest BCUT2D eigenvalue weighted by Gasteiger charge is -2.17. The highest BCUT2D eigenvalue weighted by atomic mass is 16.5. The van der Waals surface area contributed by atoms with Gasteiger partial charge in [0.15, 0.2) is 11.5 Å². The summed E-state index contributed by atoms with van der Waals surface area (Å²) in [6.07, 6.45) is 0. The van der Waals surface area contributed by atoms with Crippen molar-refractivity contribution in [1.82, 2.24) is 10.9 Å². The van der Waals surface area contributed by atoms with Crippen LogP contribution in [0.3, 0.4) is 0 Å². The number of hydrogen-bond donors (Lipinski definition) is 2. The highest BCUT2D eigenvalue weighted by molar-refractivity contribution is 5.96. The molecule has 0 aliphatic carbocycles. The van der Waals surface area contributed by atoms with Crippen LogP contribution >= 0.6 is 0 Å². The van der Waals surface area contributed by atoms with E-state index in [0.717, 1.165) is 5.75 Å². The van der Waals surface area contributed by atoms with E-state index in [9.17, 15) is 9.59 Å². The first kappa shape index (κ1) is 24.8. The van der Waals surface area contributed by atoms with Crippen LogP contribution < -0.4 is 29.8 Å². The fourth-order valence-electron chi connectivity index (χ4n) is 2.65. The Balaban J connectivity index is 1.84. The minimum atomic E-state index is -0.532. The van der Waals surface area contributed by atoms with Crippen molar-refractivity contribution in [2.24, 2.45) is 0 Å². The molecule has 0 fully saturated rings. The number of carbonyl (C=O) groups is 2. The molecule has 9 nitrogen and oxygen atoms in total. The Bertz CT molecular complexity index is 832. The van der Waals surface area contributed by atoms with Crippen LogP contribution in [0.25, 0.3) is 0 Å². The number of hydrogen-bond acceptors (Lipinski definition) is 7.